The molecular weight excluding hydrogens is 355 g/mol. The highest BCUT2D eigenvalue weighted by Gasteiger charge is 2.31. The van der Waals surface area contributed by atoms with Crippen molar-refractivity contribution in [1.82, 2.24) is 9.80 Å². The topological polar surface area (TPSA) is 35.6 Å². The van der Waals surface area contributed by atoms with Crippen molar-refractivity contribution < 1.29 is 18.0 Å². The van der Waals surface area contributed by atoms with Gasteiger partial charge < -0.3 is 15.1 Å². The number of anilines is 1. The maximum absolute atomic E-state index is 12.9. The molecule has 0 saturated carbocycles. The number of hydrogen-bond acceptors (Lipinski definition) is 2. The molecule has 1 aliphatic rings. The lowest BCUT2D eigenvalue weighted by atomic mass is 10.0. The maximum atomic E-state index is 12.9. The van der Waals surface area contributed by atoms with Gasteiger partial charge in [0.1, 0.15) is 0 Å². The Bertz CT molecular complexity index is 611. The number of nitrogens with zero attached hydrogens (tertiary/aromatic N) is 2. The summed E-state index contributed by atoms with van der Waals surface area (Å²) in [7, 11) is 0. The molecule has 1 aromatic rings. The fourth-order valence-corrected chi connectivity index (χ4v) is 3.53. The van der Waals surface area contributed by atoms with Crippen molar-refractivity contribution in [3.63, 3.8) is 0 Å². The van der Waals surface area contributed by atoms with Gasteiger partial charge in [-0.25, -0.2) is 4.79 Å². The van der Waals surface area contributed by atoms with Crippen LogP contribution in [0.15, 0.2) is 24.3 Å². The van der Waals surface area contributed by atoms with E-state index in [-0.39, 0.29) is 23.7 Å². The number of hydrogen-bond donors (Lipinski definition) is 1. The van der Waals surface area contributed by atoms with Crippen molar-refractivity contribution in [2.24, 2.45) is 5.92 Å². The Kier molecular flexibility index (Phi) is 7.53. The number of urea groups is 1. The summed E-state index contributed by atoms with van der Waals surface area (Å²) in [6, 6.07) is 4.59. The van der Waals surface area contributed by atoms with Gasteiger partial charge in [0.15, 0.2) is 0 Å². The van der Waals surface area contributed by atoms with E-state index in [0.29, 0.717) is 6.54 Å². The highest BCUT2D eigenvalue weighted by Crippen LogP contribution is 2.31. The number of carbonyl (C=O) groups is 1. The number of halogens is 3. The van der Waals surface area contributed by atoms with Crippen LogP contribution in [0.5, 0.6) is 0 Å². The van der Waals surface area contributed by atoms with Gasteiger partial charge in [-0.1, -0.05) is 26.8 Å². The van der Waals surface area contributed by atoms with Gasteiger partial charge in [0.05, 0.1) is 5.56 Å². The van der Waals surface area contributed by atoms with E-state index in [1.54, 1.807) is 4.90 Å². The summed E-state index contributed by atoms with van der Waals surface area (Å²) in [5, 5.41) is 2.67. The molecule has 2 rings (SSSR count). The minimum Gasteiger partial charge on any atom is -0.321 e. The van der Waals surface area contributed by atoms with E-state index < -0.39 is 11.7 Å². The monoisotopic (exact) mass is 385 g/mol. The van der Waals surface area contributed by atoms with Gasteiger partial charge in [-0.15, -0.1) is 0 Å². The van der Waals surface area contributed by atoms with Crippen molar-refractivity contribution in [3.8, 4) is 0 Å². The SMILES string of the molecule is CCCN1CCC(N(CC(C)C)C(=O)Nc2cccc(C(F)(F)F)c2)CC1. The zero-order chi connectivity index (χ0) is 20.0. The maximum Gasteiger partial charge on any atom is 0.416 e. The van der Waals surface area contributed by atoms with Gasteiger partial charge in [0, 0.05) is 31.4 Å². The van der Waals surface area contributed by atoms with Gasteiger partial charge >= 0.3 is 12.2 Å². The van der Waals surface area contributed by atoms with Crippen LogP contribution < -0.4 is 5.32 Å². The summed E-state index contributed by atoms with van der Waals surface area (Å²) in [6.07, 6.45) is -1.54. The quantitative estimate of drug-likeness (QED) is 0.742. The third-order valence-corrected chi connectivity index (χ3v) is 4.80. The van der Waals surface area contributed by atoms with Crippen LogP contribution in [0.2, 0.25) is 0 Å². The lowest BCUT2D eigenvalue weighted by molar-refractivity contribution is -0.137. The first kappa shape index (κ1) is 21.5. The molecule has 0 spiro atoms. The van der Waals surface area contributed by atoms with E-state index in [1.165, 1.54) is 12.1 Å². The minimum absolute atomic E-state index is 0.117. The van der Waals surface area contributed by atoms with Crippen molar-refractivity contribution in [2.75, 3.05) is 31.5 Å². The number of piperidine rings is 1. The average Bonchev–Trinajstić information content (AvgIpc) is 2.60. The first-order valence-electron chi connectivity index (χ1n) is 9.68. The zero-order valence-electron chi connectivity index (χ0n) is 16.4. The Balaban J connectivity index is 2.07. The Morgan fingerprint density at radius 2 is 1.96 bits per heavy atom. The molecule has 4 nitrogen and oxygen atoms in total. The second-order valence-corrected chi connectivity index (χ2v) is 7.63. The number of amides is 2. The zero-order valence-corrected chi connectivity index (χ0v) is 16.4. The number of likely N-dealkylation sites (tertiary alicyclic amines) is 1. The van der Waals surface area contributed by atoms with Crippen LogP contribution in [0, 0.1) is 5.92 Å². The molecule has 27 heavy (non-hydrogen) atoms. The van der Waals surface area contributed by atoms with Crippen molar-refractivity contribution in [2.45, 2.75) is 52.3 Å². The minimum atomic E-state index is -4.43. The number of carbonyl (C=O) groups excluding carboxylic acids is 1. The third kappa shape index (κ3) is 6.41. The van der Waals surface area contributed by atoms with Gasteiger partial charge in [0.25, 0.3) is 0 Å². The third-order valence-electron chi connectivity index (χ3n) is 4.80. The molecule has 2 amide bonds. The summed E-state index contributed by atoms with van der Waals surface area (Å²) in [5.74, 6) is 0.283. The van der Waals surface area contributed by atoms with Crippen LogP contribution in [0.3, 0.4) is 0 Å². The molecular formula is C20H30F3N3O. The van der Waals surface area contributed by atoms with Gasteiger partial charge in [0.2, 0.25) is 0 Å². The summed E-state index contributed by atoms with van der Waals surface area (Å²) in [5.41, 5.74) is -0.587. The van der Waals surface area contributed by atoms with Crippen LogP contribution in [0.25, 0.3) is 0 Å². The number of nitrogens with one attached hydrogen (secondary N) is 1. The summed E-state index contributed by atoms with van der Waals surface area (Å²) >= 11 is 0. The number of alkyl halides is 3. The summed E-state index contributed by atoms with van der Waals surface area (Å²) in [4.78, 5) is 17.0. The normalized spacial score (nSPS) is 16.6. The molecule has 0 bridgehead atoms. The predicted molar refractivity (Wildman–Crippen MR) is 102 cm³/mol. The summed E-state index contributed by atoms with van der Waals surface area (Å²) < 4.78 is 38.7. The molecule has 7 heteroatoms. The second-order valence-electron chi connectivity index (χ2n) is 7.63. The van der Waals surface area contributed by atoms with Crippen LogP contribution in [0.1, 0.15) is 45.6 Å². The Hall–Kier alpha value is -1.76. The average molecular weight is 385 g/mol. The van der Waals surface area contributed by atoms with E-state index in [0.717, 1.165) is 51.0 Å². The first-order valence-corrected chi connectivity index (χ1v) is 9.68. The standard InChI is InChI=1S/C20H30F3N3O/c1-4-10-25-11-8-18(9-12-25)26(14-15(2)3)19(27)24-17-7-5-6-16(13-17)20(21,22)23/h5-7,13,15,18H,4,8-12,14H2,1-3H3,(H,24,27). The molecule has 0 atom stereocenters. The van der Waals surface area contributed by atoms with E-state index in [1.807, 2.05) is 13.8 Å². The van der Waals surface area contributed by atoms with Crippen LogP contribution in [0.4, 0.5) is 23.7 Å². The number of benzene rings is 1. The molecule has 0 unspecified atom stereocenters. The Labute approximate surface area is 159 Å². The van der Waals surface area contributed by atoms with Crippen LogP contribution in [-0.2, 0) is 6.18 Å². The van der Waals surface area contributed by atoms with E-state index in [9.17, 15) is 18.0 Å². The Morgan fingerprint density at radius 1 is 1.30 bits per heavy atom. The fourth-order valence-electron chi connectivity index (χ4n) is 3.53. The molecule has 0 aliphatic carbocycles. The molecule has 1 N–H and O–H groups in total. The van der Waals surface area contributed by atoms with Crippen molar-refractivity contribution >= 4 is 11.7 Å². The molecule has 1 saturated heterocycles. The molecule has 0 aromatic heterocycles. The molecule has 0 radical (unpaired) electrons. The van der Waals surface area contributed by atoms with Gasteiger partial charge in [-0.2, -0.15) is 13.2 Å². The van der Waals surface area contributed by atoms with Gasteiger partial charge in [-0.3, -0.25) is 0 Å². The fraction of sp³-hybridized carbons (Fsp3) is 0.650. The Morgan fingerprint density at radius 3 is 2.52 bits per heavy atom. The molecule has 1 aromatic carbocycles. The van der Waals surface area contributed by atoms with E-state index >= 15 is 0 Å². The number of rotatable bonds is 6. The van der Waals surface area contributed by atoms with Crippen LogP contribution >= 0.6 is 0 Å². The lowest BCUT2D eigenvalue weighted by Gasteiger charge is -2.39. The van der Waals surface area contributed by atoms with Crippen molar-refractivity contribution in [3.05, 3.63) is 29.8 Å². The highest BCUT2D eigenvalue weighted by atomic mass is 19.4. The van der Waals surface area contributed by atoms with Gasteiger partial charge in [-0.05, 0) is 49.9 Å². The van der Waals surface area contributed by atoms with Crippen LogP contribution in [-0.4, -0.2) is 48.1 Å². The molecule has 1 heterocycles. The van der Waals surface area contributed by atoms with Crippen molar-refractivity contribution in [1.29, 1.82) is 0 Å². The largest absolute Gasteiger partial charge is 0.416 e. The molecule has 1 fully saturated rings. The molecule has 1 aliphatic heterocycles. The molecule has 152 valence electrons. The first-order chi connectivity index (χ1) is 12.7. The smallest absolute Gasteiger partial charge is 0.321 e. The van der Waals surface area contributed by atoms with E-state index in [2.05, 4.69) is 17.1 Å². The lowest BCUT2D eigenvalue weighted by Crippen LogP contribution is -2.50. The van der Waals surface area contributed by atoms with E-state index in [4.69, 9.17) is 0 Å². The summed E-state index contributed by atoms with van der Waals surface area (Å²) in [6.45, 7) is 9.78. The highest BCUT2D eigenvalue weighted by molar-refractivity contribution is 5.89. The second kappa shape index (κ2) is 9.44. The predicted octanol–water partition coefficient (Wildman–Crippen LogP) is 5.07.